The van der Waals surface area contributed by atoms with Gasteiger partial charge in [-0.2, -0.15) is 0 Å². The molecule has 1 nitrogen and oxygen atoms in total. The number of halogens is 4. The standard InChI is InChI=1S/C13H10Br3ClOS/c1-2-18-10-4-3-7(14)5-8(10)12(17)11-6-9(15)13(16)19-11/h3-6,12H,2H2,1H3. The van der Waals surface area contributed by atoms with Crippen LogP contribution in [-0.2, 0) is 0 Å². The second kappa shape index (κ2) is 6.94. The number of alkyl halides is 1. The normalized spacial score (nSPS) is 12.5. The van der Waals surface area contributed by atoms with Crippen molar-refractivity contribution in [3.05, 3.63) is 47.4 Å². The maximum Gasteiger partial charge on any atom is 0.124 e. The van der Waals surface area contributed by atoms with Gasteiger partial charge in [-0.15, -0.1) is 22.9 Å². The van der Waals surface area contributed by atoms with Crippen LogP contribution < -0.4 is 4.74 Å². The molecule has 0 saturated carbocycles. The Hall–Kier alpha value is 0.450. The predicted molar refractivity (Wildman–Crippen MR) is 92.7 cm³/mol. The molecule has 0 saturated heterocycles. The summed E-state index contributed by atoms with van der Waals surface area (Å²) in [6, 6.07) is 7.93. The summed E-state index contributed by atoms with van der Waals surface area (Å²) in [5.74, 6) is 0.825. The molecular formula is C13H10Br3ClOS. The van der Waals surface area contributed by atoms with E-state index in [0.717, 1.165) is 28.9 Å². The summed E-state index contributed by atoms with van der Waals surface area (Å²) in [5.41, 5.74) is 0.971. The van der Waals surface area contributed by atoms with E-state index in [0.29, 0.717) is 6.61 Å². The molecule has 1 unspecified atom stereocenters. The quantitative estimate of drug-likeness (QED) is 0.431. The fourth-order valence-electron chi connectivity index (χ4n) is 1.65. The molecule has 0 fully saturated rings. The Kier molecular flexibility index (Phi) is 5.78. The van der Waals surface area contributed by atoms with E-state index in [1.807, 2.05) is 31.2 Å². The highest BCUT2D eigenvalue weighted by molar-refractivity contribution is 9.13. The van der Waals surface area contributed by atoms with E-state index in [2.05, 4.69) is 47.8 Å². The topological polar surface area (TPSA) is 9.23 Å². The third-order valence-corrected chi connectivity index (χ3v) is 6.87. The summed E-state index contributed by atoms with van der Waals surface area (Å²) in [7, 11) is 0. The van der Waals surface area contributed by atoms with Gasteiger partial charge in [0.15, 0.2) is 0 Å². The van der Waals surface area contributed by atoms with Crippen molar-refractivity contribution in [1.82, 2.24) is 0 Å². The van der Waals surface area contributed by atoms with Gasteiger partial charge in [0.2, 0.25) is 0 Å². The van der Waals surface area contributed by atoms with Crippen molar-refractivity contribution in [3.63, 3.8) is 0 Å². The smallest absolute Gasteiger partial charge is 0.124 e. The van der Waals surface area contributed by atoms with Crippen molar-refractivity contribution in [1.29, 1.82) is 0 Å². The summed E-state index contributed by atoms with van der Waals surface area (Å²) in [4.78, 5) is 1.07. The molecule has 0 N–H and O–H groups in total. The van der Waals surface area contributed by atoms with E-state index in [9.17, 15) is 0 Å². The molecule has 0 spiro atoms. The van der Waals surface area contributed by atoms with Gasteiger partial charge in [-0.25, -0.2) is 0 Å². The van der Waals surface area contributed by atoms with Crippen molar-refractivity contribution in [2.45, 2.75) is 12.3 Å². The number of ether oxygens (including phenoxy) is 1. The second-order valence-corrected chi connectivity index (χ2v) is 8.36. The van der Waals surface area contributed by atoms with Crippen molar-refractivity contribution in [3.8, 4) is 5.75 Å². The first-order chi connectivity index (χ1) is 9.02. The Labute approximate surface area is 146 Å². The molecule has 2 aromatic rings. The molecule has 0 bridgehead atoms. The number of rotatable bonds is 4. The molecule has 0 aliphatic carbocycles. The SMILES string of the molecule is CCOc1ccc(Br)cc1C(Cl)c1cc(Br)c(Br)s1. The van der Waals surface area contributed by atoms with E-state index in [1.165, 1.54) is 0 Å². The van der Waals surface area contributed by atoms with Crippen LogP contribution in [0.5, 0.6) is 5.75 Å². The highest BCUT2D eigenvalue weighted by atomic mass is 79.9. The molecule has 1 aromatic carbocycles. The van der Waals surface area contributed by atoms with Crippen LogP contribution in [0.1, 0.15) is 22.7 Å². The monoisotopic (exact) mass is 486 g/mol. The van der Waals surface area contributed by atoms with Crippen LogP contribution in [0.2, 0.25) is 0 Å². The van der Waals surface area contributed by atoms with Crippen LogP contribution in [0.3, 0.4) is 0 Å². The van der Waals surface area contributed by atoms with Crippen molar-refractivity contribution >= 4 is 70.7 Å². The summed E-state index contributed by atoms with van der Waals surface area (Å²) >= 11 is 18.7. The van der Waals surface area contributed by atoms with E-state index in [4.69, 9.17) is 16.3 Å². The minimum atomic E-state index is -0.230. The van der Waals surface area contributed by atoms with Crippen LogP contribution >= 0.6 is 70.7 Å². The number of hydrogen-bond donors (Lipinski definition) is 0. The number of thiophene rings is 1. The van der Waals surface area contributed by atoms with Crippen molar-refractivity contribution < 1.29 is 4.74 Å². The molecule has 0 aliphatic heterocycles. The first-order valence-electron chi connectivity index (χ1n) is 5.54. The molecule has 102 valence electrons. The molecule has 1 aromatic heterocycles. The van der Waals surface area contributed by atoms with E-state index < -0.39 is 0 Å². The van der Waals surface area contributed by atoms with Gasteiger partial charge in [-0.1, -0.05) is 15.9 Å². The number of hydrogen-bond acceptors (Lipinski definition) is 2. The Morgan fingerprint density at radius 1 is 1.26 bits per heavy atom. The number of benzene rings is 1. The van der Waals surface area contributed by atoms with Gasteiger partial charge in [0.1, 0.15) is 5.75 Å². The lowest BCUT2D eigenvalue weighted by atomic mass is 10.1. The fourth-order valence-corrected chi connectivity index (χ4v) is 4.48. The molecule has 2 rings (SSSR count). The lowest BCUT2D eigenvalue weighted by molar-refractivity contribution is 0.337. The van der Waals surface area contributed by atoms with Gasteiger partial charge in [-0.05, 0) is 63.0 Å². The summed E-state index contributed by atoms with van der Waals surface area (Å²) in [6.07, 6.45) is 0. The lowest BCUT2D eigenvalue weighted by Gasteiger charge is -2.14. The van der Waals surface area contributed by atoms with Gasteiger partial charge in [-0.3, -0.25) is 0 Å². The average molecular weight is 489 g/mol. The molecule has 0 amide bonds. The Morgan fingerprint density at radius 3 is 2.58 bits per heavy atom. The van der Waals surface area contributed by atoms with E-state index >= 15 is 0 Å². The Bertz CT molecular complexity index is 566. The van der Waals surface area contributed by atoms with Crippen LogP contribution in [0.15, 0.2) is 37.0 Å². The van der Waals surface area contributed by atoms with Crippen molar-refractivity contribution in [2.24, 2.45) is 0 Å². The minimum absolute atomic E-state index is 0.230. The largest absolute Gasteiger partial charge is 0.494 e. The highest BCUT2D eigenvalue weighted by Crippen LogP contribution is 2.43. The summed E-state index contributed by atoms with van der Waals surface area (Å²) in [6.45, 7) is 2.59. The average Bonchev–Trinajstić information content (AvgIpc) is 2.71. The Morgan fingerprint density at radius 2 is 2.00 bits per heavy atom. The Balaban J connectivity index is 2.41. The first kappa shape index (κ1) is 15.8. The third kappa shape index (κ3) is 3.76. The van der Waals surface area contributed by atoms with Gasteiger partial charge >= 0.3 is 0 Å². The summed E-state index contributed by atoms with van der Waals surface area (Å²) < 4.78 is 8.70. The lowest BCUT2D eigenvalue weighted by Crippen LogP contribution is -1.99. The maximum absolute atomic E-state index is 6.60. The van der Waals surface area contributed by atoms with Crippen LogP contribution in [0.25, 0.3) is 0 Å². The predicted octanol–water partition coefficient (Wildman–Crippen LogP) is 6.76. The molecule has 1 heterocycles. The molecule has 0 radical (unpaired) electrons. The molecule has 19 heavy (non-hydrogen) atoms. The highest BCUT2D eigenvalue weighted by Gasteiger charge is 2.19. The molecule has 0 aliphatic rings. The van der Waals surface area contributed by atoms with Crippen LogP contribution in [0, 0.1) is 0 Å². The van der Waals surface area contributed by atoms with Gasteiger partial charge in [0.05, 0.1) is 15.8 Å². The van der Waals surface area contributed by atoms with Crippen LogP contribution in [-0.4, -0.2) is 6.61 Å². The third-order valence-electron chi connectivity index (χ3n) is 2.46. The molecule has 6 heteroatoms. The zero-order chi connectivity index (χ0) is 14.0. The fraction of sp³-hybridized carbons (Fsp3) is 0.231. The first-order valence-corrected chi connectivity index (χ1v) is 9.17. The zero-order valence-corrected chi connectivity index (χ0v) is 16.3. The van der Waals surface area contributed by atoms with E-state index in [1.54, 1.807) is 11.3 Å². The minimum Gasteiger partial charge on any atom is -0.494 e. The second-order valence-electron chi connectivity index (χ2n) is 3.75. The van der Waals surface area contributed by atoms with Crippen molar-refractivity contribution in [2.75, 3.05) is 6.61 Å². The van der Waals surface area contributed by atoms with E-state index in [-0.39, 0.29) is 5.38 Å². The summed E-state index contributed by atoms with van der Waals surface area (Å²) in [5, 5.41) is -0.230. The zero-order valence-electron chi connectivity index (χ0n) is 9.92. The van der Waals surface area contributed by atoms with Gasteiger partial charge in [0, 0.05) is 19.4 Å². The van der Waals surface area contributed by atoms with Crippen LogP contribution in [0.4, 0.5) is 0 Å². The molecular weight excluding hydrogens is 479 g/mol. The van der Waals surface area contributed by atoms with Gasteiger partial charge < -0.3 is 4.74 Å². The molecule has 1 atom stereocenters. The van der Waals surface area contributed by atoms with Gasteiger partial charge in [0.25, 0.3) is 0 Å². The maximum atomic E-state index is 6.60.